The van der Waals surface area contributed by atoms with Crippen LogP contribution in [0.3, 0.4) is 0 Å². The standard InChI is InChI=1S/C16H25N3O/c1-2-20-14-9-6-10-19(11-14)12-15(16(17)18)13-7-4-3-5-8-13/h3-5,7-8,14-15H,2,6,9-12H2,1H3,(H3,17,18). The van der Waals surface area contributed by atoms with E-state index in [0.717, 1.165) is 44.6 Å². The smallest absolute Gasteiger partial charge is 0.0995 e. The van der Waals surface area contributed by atoms with Gasteiger partial charge < -0.3 is 10.5 Å². The van der Waals surface area contributed by atoms with Crippen molar-refractivity contribution < 1.29 is 4.74 Å². The molecule has 0 radical (unpaired) electrons. The van der Waals surface area contributed by atoms with E-state index in [2.05, 4.69) is 17.0 Å². The highest BCUT2D eigenvalue weighted by Gasteiger charge is 2.24. The molecule has 0 amide bonds. The van der Waals surface area contributed by atoms with Crippen LogP contribution in [-0.2, 0) is 4.74 Å². The van der Waals surface area contributed by atoms with Gasteiger partial charge in [-0.05, 0) is 31.9 Å². The van der Waals surface area contributed by atoms with E-state index >= 15 is 0 Å². The first-order valence-electron chi connectivity index (χ1n) is 7.43. The number of amidine groups is 1. The van der Waals surface area contributed by atoms with Crippen LogP contribution in [0.1, 0.15) is 31.2 Å². The van der Waals surface area contributed by atoms with Gasteiger partial charge in [-0.2, -0.15) is 0 Å². The lowest BCUT2D eigenvalue weighted by Gasteiger charge is -2.34. The van der Waals surface area contributed by atoms with E-state index in [9.17, 15) is 0 Å². The van der Waals surface area contributed by atoms with Crippen molar-refractivity contribution in [2.24, 2.45) is 5.73 Å². The minimum Gasteiger partial charge on any atom is -0.387 e. The van der Waals surface area contributed by atoms with Crippen molar-refractivity contribution in [3.8, 4) is 0 Å². The van der Waals surface area contributed by atoms with Crippen LogP contribution in [0.25, 0.3) is 0 Å². The number of nitrogens with two attached hydrogens (primary N) is 1. The second kappa shape index (κ2) is 7.41. The van der Waals surface area contributed by atoms with Gasteiger partial charge in [-0.15, -0.1) is 0 Å². The molecule has 4 heteroatoms. The Morgan fingerprint density at radius 3 is 2.85 bits per heavy atom. The average Bonchev–Trinajstić information content (AvgIpc) is 2.46. The number of hydrogen-bond donors (Lipinski definition) is 2. The summed E-state index contributed by atoms with van der Waals surface area (Å²) < 4.78 is 5.73. The van der Waals surface area contributed by atoms with E-state index < -0.39 is 0 Å². The molecule has 110 valence electrons. The number of ether oxygens (including phenoxy) is 1. The van der Waals surface area contributed by atoms with Crippen LogP contribution in [0.15, 0.2) is 30.3 Å². The molecular formula is C16H25N3O. The Morgan fingerprint density at radius 2 is 2.20 bits per heavy atom. The summed E-state index contributed by atoms with van der Waals surface area (Å²) in [5.74, 6) is 0.228. The predicted octanol–water partition coefficient (Wildman–Crippen LogP) is 2.21. The maximum absolute atomic E-state index is 7.86. The summed E-state index contributed by atoms with van der Waals surface area (Å²) in [4.78, 5) is 2.38. The molecule has 0 aromatic heterocycles. The highest BCUT2D eigenvalue weighted by Crippen LogP contribution is 2.20. The molecule has 2 rings (SSSR count). The van der Waals surface area contributed by atoms with Crippen LogP contribution in [0.4, 0.5) is 0 Å². The lowest BCUT2D eigenvalue weighted by Crippen LogP contribution is -2.43. The molecule has 0 aliphatic carbocycles. The first-order valence-corrected chi connectivity index (χ1v) is 7.43. The molecule has 0 saturated carbocycles. The number of benzene rings is 1. The Hall–Kier alpha value is -1.39. The number of nitrogens with zero attached hydrogens (tertiary/aromatic N) is 1. The van der Waals surface area contributed by atoms with Crippen molar-refractivity contribution in [2.75, 3.05) is 26.2 Å². The third kappa shape index (κ3) is 4.05. The summed E-state index contributed by atoms with van der Waals surface area (Å²) in [5.41, 5.74) is 6.93. The number of likely N-dealkylation sites (tertiary alicyclic amines) is 1. The first-order chi connectivity index (χ1) is 9.70. The van der Waals surface area contributed by atoms with Crippen molar-refractivity contribution in [3.63, 3.8) is 0 Å². The van der Waals surface area contributed by atoms with Gasteiger partial charge >= 0.3 is 0 Å². The highest BCUT2D eigenvalue weighted by molar-refractivity contribution is 5.84. The van der Waals surface area contributed by atoms with E-state index in [1.807, 2.05) is 25.1 Å². The highest BCUT2D eigenvalue weighted by atomic mass is 16.5. The topological polar surface area (TPSA) is 62.3 Å². The maximum Gasteiger partial charge on any atom is 0.0995 e. The van der Waals surface area contributed by atoms with Gasteiger partial charge in [-0.25, -0.2) is 0 Å². The van der Waals surface area contributed by atoms with E-state index in [4.69, 9.17) is 15.9 Å². The molecule has 1 aromatic carbocycles. The molecule has 1 heterocycles. The summed E-state index contributed by atoms with van der Waals surface area (Å²) in [6, 6.07) is 10.1. The molecule has 1 saturated heterocycles. The molecule has 1 aliphatic rings. The predicted molar refractivity (Wildman–Crippen MR) is 82.2 cm³/mol. The van der Waals surface area contributed by atoms with Gasteiger partial charge in [0.2, 0.25) is 0 Å². The molecule has 0 bridgehead atoms. The Morgan fingerprint density at radius 1 is 1.45 bits per heavy atom. The lowest BCUT2D eigenvalue weighted by molar-refractivity contribution is 0.00568. The van der Waals surface area contributed by atoms with E-state index in [-0.39, 0.29) is 11.8 Å². The molecule has 0 spiro atoms. The number of piperidine rings is 1. The van der Waals surface area contributed by atoms with Gasteiger partial charge in [0.1, 0.15) is 0 Å². The Bertz CT molecular complexity index is 419. The fourth-order valence-corrected chi connectivity index (χ4v) is 2.88. The van der Waals surface area contributed by atoms with Crippen molar-refractivity contribution in [1.29, 1.82) is 5.41 Å². The zero-order chi connectivity index (χ0) is 14.4. The van der Waals surface area contributed by atoms with Gasteiger partial charge in [0.25, 0.3) is 0 Å². The molecule has 2 atom stereocenters. The molecule has 4 nitrogen and oxygen atoms in total. The molecule has 20 heavy (non-hydrogen) atoms. The van der Waals surface area contributed by atoms with Gasteiger partial charge in [0, 0.05) is 19.7 Å². The second-order valence-corrected chi connectivity index (χ2v) is 5.40. The fourth-order valence-electron chi connectivity index (χ4n) is 2.88. The van der Waals surface area contributed by atoms with Crippen LogP contribution < -0.4 is 5.73 Å². The summed E-state index contributed by atoms with van der Waals surface area (Å²) in [5, 5.41) is 7.86. The van der Waals surface area contributed by atoms with E-state index in [1.165, 1.54) is 0 Å². The van der Waals surface area contributed by atoms with Crippen LogP contribution in [0.2, 0.25) is 0 Å². The van der Waals surface area contributed by atoms with Gasteiger partial charge in [-0.1, -0.05) is 30.3 Å². The minimum atomic E-state index is -0.0171. The van der Waals surface area contributed by atoms with Crippen molar-refractivity contribution in [3.05, 3.63) is 35.9 Å². The Kier molecular flexibility index (Phi) is 5.56. The summed E-state index contributed by atoms with van der Waals surface area (Å²) >= 11 is 0. The quantitative estimate of drug-likeness (QED) is 0.618. The van der Waals surface area contributed by atoms with Crippen molar-refractivity contribution >= 4 is 5.84 Å². The average molecular weight is 275 g/mol. The summed E-state index contributed by atoms with van der Waals surface area (Å²) in [7, 11) is 0. The second-order valence-electron chi connectivity index (χ2n) is 5.40. The largest absolute Gasteiger partial charge is 0.387 e. The number of hydrogen-bond acceptors (Lipinski definition) is 3. The summed E-state index contributed by atoms with van der Waals surface area (Å²) in [6.07, 6.45) is 2.63. The van der Waals surface area contributed by atoms with Gasteiger partial charge in [0.05, 0.1) is 17.9 Å². The van der Waals surface area contributed by atoms with Gasteiger partial charge in [0.15, 0.2) is 0 Å². The molecule has 1 aliphatic heterocycles. The SMILES string of the molecule is CCOC1CCCN(CC(C(=N)N)c2ccccc2)C1. The molecule has 3 N–H and O–H groups in total. The summed E-state index contributed by atoms with van der Waals surface area (Å²) in [6.45, 7) is 5.64. The zero-order valence-corrected chi connectivity index (χ0v) is 12.2. The molecular weight excluding hydrogens is 250 g/mol. The number of rotatable bonds is 6. The number of nitrogens with one attached hydrogen (secondary N) is 1. The Balaban J connectivity index is 2.00. The zero-order valence-electron chi connectivity index (χ0n) is 12.2. The van der Waals surface area contributed by atoms with Crippen LogP contribution in [0.5, 0.6) is 0 Å². The van der Waals surface area contributed by atoms with E-state index in [1.54, 1.807) is 0 Å². The normalized spacial score (nSPS) is 21.6. The molecule has 1 aromatic rings. The molecule has 1 fully saturated rings. The Labute approximate surface area is 121 Å². The van der Waals surface area contributed by atoms with Crippen LogP contribution in [-0.4, -0.2) is 43.1 Å². The third-order valence-corrected chi connectivity index (χ3v) is 3.88. The minimum absolute atomic E-state index is 0.0171. The van der Waals surface area contributed by atoms with Gasteiger partial charge in [-0.3, -0.25) is 10.3 Å². The van der Waals surface area contributed by atoms with Crippen LogP contribution in [0, 0.1) is 5.41 Å². The van der Waals surface area contributed by atoms with Crippen LogP contribution >= 0.6 is 0 Å². The monoisotopic (exact) mass is 275 g/mol. The first kappa shape index (κ1) is 15.0. The van der Waals surface area contributed by atoms with Crippen molar-refractivity contribution in [1.82, 2.24) is 4.90 Å². The fraction of sp³-hybridized carbons (Fsp3) is 0.562. The van der Waals surface area contributed by atoms with Crippen molar-refractivity contribution in [2.45, 2.75) is 31.8 Å². The molecule has 2 unspecified atom stereocenters. The lowest BCUT2D eigenvalue weighted by atomic mass is 9.96. The maximum atomic E-state index is 7.86. The van der Waals surface area contributed by atoms with E-state index in [0.29, 0.717) is 6.10 Å². The third-order valence-electron chi connectivity index (χ3n) is 3.88.